The van der Waals surface area contributed by atoms with Crippen LogP contribution in [-0.4, -0.2) is 79.6 Å². The van der Waals surface area contributed by atoms with Gasteiger partial charge in [0.05, 0.1) is 12.2 Å². The number of hydrogen-bond donors (Lipinski definition) is 1. The third-order valence-electron chi connectivity index (χ3n) is 7.62. The van der Waals surface area contributed by atoms with Crippen molar-refractivity contribution in [3.05, 3.63) is 72.1 Å². The number of ether oxygens (including phenoxy) is 1. The number of fused-ring (bicyclic) bond motifs is 2. The molecule has 2 amide bonds. The Balaban J connectivity index is 1.23. The molecule has 0 saturated carbocycles. The summed E-state index contributed by atoms with van der Waals surface area (Å²) in [5.41, 5.74) is 1.64. The minimum absolute atomic E-state index is 0.0187. The molecule has 37 heavy (non-hydrogen) atoms. The summed E-state index contributed by atoms with van der Waals surface area (Å²) in [6.07, 6.45) is 7.62. The lowest BCUT2D eigenvalue weighted by molar-refractivity contribution is -0.134. The monoisotopic (exact) mass is 506 g/mol. The van der Waals surface area contributed by atoms with Crippen molar-refractivity contribution in [2.24, 2.45) is 0 Å². The molecular weight excluding hydrogens is 471 g/mol. The van der Waals surface area contributed by atoms with E-state index in [4.69, 9.17) is 4.74 Å². The number of allylic oxidation sites excluding steroid dienone is 1. The molecule has 0 unspecified atom stereocenters. The van der Waals surface area contributed by atoms with E-state index in [-0.39, 0.29) is 36.3 Å². The average molecular weight is 507 g/mol. The van der Waals surface area contributed by atoms with Gasteiger partial charge in [-0.3, -0.25) is 14.5 Å². The Bertz CT molecular complexity index is 1130. The molecule has 0 aliphatic carbocycles. The minimum atomic E-state index is -0.229. The van der Waals surface area contributed by atoms with Crippen molar-refractivity contribution in [1.29, 1.82) is 0 Å². The molecule has 196 valence electrons. The highest BCUT2D eigenvalue weighted by Crippen LogP contribution is 2.24. The highest BCUT2D eigenvalue weighted by atomic mass is 19.1. The minimum Gasteiger partial charge on any atom is -0.483 e. The first kappa shape index (κ1) is 25.3. The zero-order chi connectivity index (χ0) is 25.6. The predicted molar refractivity (Wildman–Crippen MR) is 141 cm³/mol. The zero-order valence-corrected chi connectivity index (χ0v) is 21.2. The lowest BCUT2D eigenvalue weighted by Gasteiger charge is -2.42. The number of piperazine rings is 1. The summed E-state index contributed by atoms with van der Waals surface area (Å²) in [5.74, 6) is 0.470. The fourth-order valence-electron chi connectivity index (χ4n) is 5.63. The summed E-state index contributed by atoms with van der Waals surface area (Å²) in [4.78, 5) is 32.1. The second kappa shape index (κ2) is 11.8. The lowest BCUT2D eigenvalue weighted by atomic mass is 9.92. The van der Waals surface area contributed by atoms with Crippen LogP contribution in [-0.2, 0) is 16.0 Å². The van der Waals surface area contributed by atoms with Crippen molar-refractivity contribution in [2.75, 3.05) is 50.8 Å². The Morgan fingerprint density at radius 3 is 2.62 bits per heavy atom. The Morgan fingerprint density at radius 1 is 1.00 bits per heavy atom. The van der Waals surface area contributed by atoms with Crippen molar-refractivity contribution >= 4 is 17.5 Å². The van der Waals surface area contributed by atoms with Gasteiger partial charge in [0.25, 0.3) is 5.91 Å². The van der Waals surface area contributed by atoms with Gasteiger partial charge in [0.15, 0.2) is 6.61 Å². The molecule has 0 aromatic heterocycles. The maximum atomic E-state index is 14.2. The van der Waals surface area contributed by atoms with Gasteiger partial charge < -0.3 is 19.9 Å². The Kier molecular flexibility index (Phi) is 8.04. The molecule has 2 aromatic rings. The number of rotatable bonds is 3. The fraction of sp³-hybridized carbons (Fsp3) is 0.448. The number of hydrogen-bond acceptors (Lipinski definition) is 5. The van der Waals surface area contributed by atoms with Gasteiger partial charge in [0.1, 0.15) is 11.6 Å². The number of benzene rings is 2. The smallest absolute Gasteiger partial charge is 0.258 e. The summed E-state index contributed by atoms with van der Waals surface area (Å²) in [5, 5.41) is 3.17. The highest BCUT2D eigenvalue weighted by molar-refractivity contribution is 5.79. The molecule has 2 atom stereocenters. The summed E-state index contributed by atoms with van der Waals surface area (Å²) >= 11 is 0. The topological polar surface area (TPSA) is 65.1 Å². The maximum Gasteiger partial charge on any atom is 0.258 e. The van der Waals surface area contributed by atoms with Crippen LogP contribution in [0.4, 0.5) is 10.1 Å². The molecule has 2 aromatic carbocycles. The van der Waals surface area contributed by atoms with Crippen molar-refractivity contribution in [1.82, 2.24) is 15.1 Å². The molecule has 2 fully saturated rings. The van der Waals surface area contributed by atoms with Gasteiger partial charge in [-0.25, -0.2) is 4.39 Å². The quantitative estimate of drug-likeness (QED) is 0.649. The largest absolute Gasteiger partial charge is 0.483 e. The summed E-state index contributed by atoms with van der Waals surface area (Å²) in [6, 6.07) is 14.6. The van der Waals surface area contributed by atoms with E-state index in [0.29, 0.717) is 38.4 Å². The maximum absolute atomic E-state index is 14.2. The van der Waals surface area contributed by atoms with E-state index in [1.807, 2.05) is 40.1 Å². The zero-order valence-electron chi connectivity index (χ0n) is 21.2. The molecule has 2 saturated heterocycles. The third-order valence-corrected chi connectivity index (χ3v) is 7.62. The van der Waals surface area contributed by atoms with Crippen LogP contribution in [0.15, 0.2) is 60.7 Å². The second-order valence-corrected chi connectivity index (χ2v) is 9.98. The number of likely N-dealkylation sites (tertiary alicyclic amines) is 1. The number of para-hydroxylation sites is 2. The molecule has 5 rings (SSSR count). The van der Waals surface area contributed by atoms with Crippen LogP contribution in [0.2, 0.25) is 0 Å². The van der Waals surface area contributed by atoms with Crippen LogP contribution in [0.25, 0.3) is 0 Å². The molecule has 0 bridgehead atoms. The molecule has 3 aliphatic rings. The first-order valence-electron chi connectivity index (χ1n) is 13.2. The van der Waals surface area contributed by atoms with Crippen molar-refractivity contribution in [3.63, 3.8) is 0 Å². The van der Waals surface area contributed by atoms with Crippen molar-refractivity contribution in [2.45, 2.75) is 37.8 Å². The number of amides is 2. The number of carbonyl (C=O) groups is 2. The van der Waals surface area contributed by atoms with Crippen LogP contribution < -0.4 is 15.0 Å². The van der Waals surface area contributed by atoms with Gasteiger partial charge >= 0.3 is 0 Å². The number of nitrogens with zero attached hydrogens (tertiary/aromatic N) is 3. The molecule has 8 heteroatoms. The van der Waals surface area contributed by atoms with Gasteiger partial charge in [-0.1, -0.05) is 42.5 Å². The third kappa shape index (κ3) is 6.13. The molecule has 7 nitrogen and oxygen atoms in total. The standard InChI is InChI=1S/C29H35FN4O3/c30-23-10-3-5-12-25(23)32-16-18-33(19-17-32)29(36)20-34-15-7-11-24-26(34)13-4-1-8-22-9-2-6-14-27(22)37-21-28(35)31-24/h1-6,9-10,12,14,24,26H,7-8,11,13,15-21H2,(H,31,35)/b4-1+/t24-,26-/m1/s1. The molecule has 0 spiro atoms. The van der Waals surface area contributed by atoms with Crippen LogP contribution in [0.3, 0.4) is 0 Å². The molecular formula is C29H35FN4O3. The fourth-order valence-corrected chi connectivity index (χ4v) is 5.63. The molecule has 0 radical (unpaired) electrons. The lowest BCUT2D eigenvalue weighted by Crippen LogP contribution is -2.58. The van der Waals surface area contributed by atoms with Crippen LogP contribution in [0, 0.1) is 5.82 Å². The first-order chi connectivity index (χ1) is 18.1. The highest BCUT2D eigenvalue weighted by Gasteiger charge is 2.34. The summed E-state index contributed by atoms with van der Waals surface area (Å²) in [7, 11) is 0. The van der Waals surface area contributed by atoms with E-state index >= 15 is 0 Å². The van der Waals surface area contributed by atoms with E-state index in [0.717, 1.165) is 43.5 Å². The van der Waals surface area contributed by atoms with Gasteiger partial charge in [0.2, 0.25) is 5.91 Å². The van der Waals surface area contributed by atoms with Gasteiger partial charge in [-0.15, -0.1) is 0 Å². The number of carbonyl (C=O) groups excluding carboxylic acids is 2. The summed E-state index contributed by atoms with van der Waals surface area (Å²) in [6.45, 7) is 3.49. The Hall–Kier alpha value is -3.39. The Morgan fingerprint density at radius 2 is 1.78 bits per heavy atom. The van der Waals surface area contributed by atoms with Crippen molar-refractivity contribution < 1.29 is 18.7 Å². The van der Waals surface area contributed by atoms with E-state index in [9.17, 15) is 14.0 Å². The number of halogens is 1. The van der Waals surface area contributed by atoms with Crippen molar-refractivity contribution in [3.8, 4) is 5.75 Å². The average Bonchev–Trinajstić information content (AvgIpc) is 2.91. The van der Waals surface area contributed by atoms with E-state index in [1.54, 1.807) is 12.1 Å². The molecule has 3 aliphatic heterocycles. The first-order valence-corrected chi connectivity index (χ1v) is 13.2. The van der Waals surface area contributed by atoms with E-state index in [2.05, 4.69) is 22.4 Å². The van der Waals surface area contributed by atoms with Gasteiger partial charge in [-0.05, 0) is 56.0 Å². The number of anilines is 1. The van der Waals surface area contributed by atoms with Crippen LogP contribution in [0.1, 0.15) is 24.8 Å². The van der Waals surface area contributed by atoms with Gasteiger partial charge in [-0.2, -0.15) is 0 Å². The predicted octanol–water partition coefficient (Wildman–Crippen LogP) is 3.00. The summed E-state index contributed by atoms with van der Waals surface area (Å²) < 4.78 is 20.0. The molecule has 3 heterocycles. The number of nitrogens with one attached hydrogen (secondary N) is 1. The van der Waals surface area contributed by atoms with Crippen LogP contribution >= 0.6 is 0 Å². The second-order valence-electron chi connectivity index (χ2n) is 9.98. The van der Waals surface area contributed by atoms with E-state index in [1.165, 1.54) is 6.07 Å². The van der Waals surface area contributed by atoms with Gasteiger partial charge in [0, 0.05) is 38.3 Å². The van der Waals surface area contributed by atoms with E-state index < -0.39 is 0 Å². The van der Waals surface area contributed by atoms with Crippen LogP contribution in [0.5, 0.6) is 5.75 Å². The Labute approximate surface area is 217 Å². The SMILES string of the molecule is O=C1COc2ccccc2C/C=C/C[C@@H]2[C@@H](CCCN2CC(=O)N2CCN(c3ccccc3F)CC2)N1. The number of piperidine rings is 1. The molecule has 1 N–H and O–H groups in total. The normalized spacial score (nSPS) is 24.0.